The lowest BCUT2D eigenvalue weighted by atomic mass is 10.2. The van der Waals surface area contributed by atoms with E-state index >= 15 is 0 Å². The zero-order valence-electron chi connectivity index (χ0n) is 7.57. The largest absolute Gasteiger partial charge is 0.380 e. The van der Waals surface area contributed by atoms with Gasteiger partial charge in [-0.3, -0.25) is 0 Å². The molecular weight excluding hydrogens is 258 g/mol. The molecule has 5 heteroatoms. The normalized spacial score (nSPS) is 11.3. The quantitative estimate of drug-likeness (QED) is 0.678. The number of nitrogens with zero attached hydrogens (tertiary/aromatic N) is 2. The summed E-state index contributed by atoms with van der Waals surface area (Å²) in [5.74, 6) is 0.374. The summed E-state index contributed by atoms with van der Waals surface area (Å²) in [6.07, 6.45) is 0. The second-order valence-corrected chi connectivity index (χ2v) is 4.16. The third-order valence-corrected chi connectivity index (χ3v) is 2.74. The van der Waals surface area contributed by atoms with Crippen molar-refractivity contribution in [2.24, 2.45) is 0 Å². The smallest absolute Gasteiger partial charge is 0.260 e. The van der Waals surface area contributed by atoms with Crippen molar-refractivity contribution in [2.75, 3.05) is 5.73 Å². The molecule has 0 saturated carbocycles. The molecule has 0 unspecified atom stereocenters. The lowest BCUT2D eigenvalue weighted by molar-refractivity contribution is 0.453. The molecule has 0 aliphatic heterocycles. The maximum absolute atomic E-state index is 5.65. The number of nitrogen functional groups attached to an aromatic ring is 1. The van der Waals surface area contributed by atoms with Gasteiger partial charge in [0.25, 0.3) is 5.71 Å². The Balaban J connectivity index is 2.50. The van der Waals surface area contributed by atoms with E-state index in [2.05, 4.69) is 26.1 Å². The molecule has 2 aromatic heterocycles. The number of benzene rings is 1. The molecule has 3 rings (SSSR count). The van der Waals surface area contributed by atoms with Gasteiger partial charge in [0.15, 0.2) is 5.82 Å². The molecule has 4 nitrogen and oxygen atoms in total. The summed E-state index contributed by atoms with van der Waals surface area (Å²) >= 11 is 3.41. The van der Waals surface area contributed by atoms with Gasteiger partial charge in [-0.15, -0.1) is 0 Å². The molecule has 0 radical (unpaired) electrons. The Kier molecular flexibility index (Phi) is 1.70. The molecule has 74 valence electrons. The van der Waals surface area contributed by atoms with Gasteiger partial charge in [-0.2, -0.15) is 0 Å². The van der Waals surface area contributed by atoms with E-state index in [4.69, 9.17) is 10.3 Å². The maximum atomic E-state index is 5.65. The number of aromatic nitrogens is 2. The fraction of sp³-hybridized carbons (Fsp3) is 0. The number of pyridine rings is 1. The van der Waals surface area contributed by atoms with Crippen molar-refractivity contribution < 1.29 is 4.52 Å². The minimum atomic E-state index is 0.374. The fourth-order valence-electron chi connectivity index (χ4n) is 1.52. The van der Waals surface area contributed by atoms with Crippen LogP contribution in [0.15, 0.2) is 33.3 Å². The van der Waals surface area contributed by atoms with Crippen LogP contribution in [0.5, 0.6) is 0 Å². The summed E-state index contributed by atoms with van der Waals surface area (Å²) in [5, 5.41) is 5.43. The molecule has 0 amide bonds. The van der Waals surface area contributed by atoms with Crippen LogP contribution >= 0.6 is 15.9 Å². The van der Waals surface area contributed by atoms with Crippen LogP contribution in [0.3, 0.4) is 0 Å². The highest BCUT2D eigenvalue weighted by Gasteiger charge is 2.07. The lowest BCUT2D eigenvalue weighted by Gasteiger charge is -1.97. The Bertz CT molecular complexity index is 662. The highest BCUT2D eigenvalue weighted by Crippen LogP contribution is 2.25. The number of hydrogen-bond acceptors (Lipinski definition) is 4. The van der Waals surface area contributed by atoms with Crippen LogP contribution in [0.2, 0.25) is 0 Å². The minimum absolute atomic E-state index is 0.374. The highest BCUT2D eigenvalue weighted by atomic mass is 79.9. The van der Waals surface area contributed by atoms with Crippen molar-refractivity contribution >= 4 is 43.8 Å². The van der Waals surface area contributed by atoms with Crippen LogP contribution in [-0.4, -0.2) is 10.1 Å². The highest BCUT2D eigenvalue weighted by molar-refractivity contribution is 9.10. The molecule has 0 bridgehead atoms. The molecule has 0 spiro atoms. The van der Waals surface area contributed by atoms with Crippen LogP contribution in [0.25, 0.3) is 22.0 Å². The van der Waals surface area contributed by atoms with Crippen molar-refractivity contribution in [3.8, 4) is 0 Å². The molecule has 1 aromatic carbocycles. The van der Waals surface area contributed by atoms with E-state index in [-0.39, 0.29) is 0 Å². The van der Waals surface area contributed by atoms with Gasteiger partial charge in [0.1, 0.15) is 0 Å². The Labute approximate surface area is 93.2 Å². The Morgan fingerprint density at radius 3 is 3.00 bits per heavy atom. The molecule has 2 heterocycles. The first-order valence-electron chi connectivity index (χ1n) is 4.35. The number of fused-ring (bicyclic) bond motifs is 2. The predicted molar refractivity (Wildman–Crippen MR) is 61.4 cm³/mol. The zero-order chi connectivity index (χ0) is 10.4. The molecule has 0 fully saturated rings. The second-order valence-electron chi connectivity index (χ2n) is 3.25. The Hall–Kier alpha value is -1.62. The van der Waals surface area contributed by atoms with Gasteiger partial charge in [-0.05, 0) is 24.3 Å². The van der Waals surface area contributed by atoms with Gasteiger partial charge in [0.05, 0.1) is 10.9 Å². The van der Waals surface area contributed by atoms with Gasteiger partial charge in [-0.25, -0.2) is 4.98 Å². The standard InChI is InChI=1S/C10H6BrN3O/c11-6-1-2-8-5(3-6)4-7-9(12)14-15-10(7)13-8/h1-4H,(H2,12,14). The molecule has 2 N–H and O–H groups in total. The number of anilines is 1. The van der Waals surface area contributed by atoms with Crippen molar-refractivity contribution in [1.82, 2.24) is 10.1 Å². The number of rotatable bonds is 0. The molecule has 0 aliphatic rings. The van der Waals surface area contributed by atoms with Gasteiger partial charge < -0.3 is 10.3 Å². The van der Waals surface area contributed by atoms with E-state index in [0.717, 1.165) is 20.8 Å². The summed E-state index contributed by atoms with van der Waals surface area (Å²) < 4.78 is 5.99. The molecule has 0 saturated heterocycles. The molecule has 0 aliphatic carbocycles. The first-order chi connectivity index (χ1) is 7.24. The first-order valence-corrected chi connectivity index (χ1v) is 5.14. The van der Waals surface area contributed by atoms with Gasteiger partial charge in [-0.1, -0.05) is 21.1 Å². The van der Waals surface area contributed by atoms with E-state index in [1.165, 1.54) is 0 Å². The number of hydrogen-bond donors (Lipinski definition) is 1. The molecular formula is C10H6BrN3O. The van der Waals surface area contributed by atoms with E-state index in [0.29, 0.717) is 11.5 Å². The average Bonchev–Trinajstić information content (AvgIpc) is 2.57. The third-order valence-electron chi connectivity index (χ3n) is 2.25. The predicted octanol–water partition coefficient (Wildman–Crippen LogP) is 2.72. The SMILES string of the molecule is Nc1noc2nc3ccc(Br)cc3cc12. The fourth-order valence-corrected chi connectivity index (χ4v) is 1.90. The monoisotopic (exact) mass is 263 g/mol. The summed E-state index contributed by atoms with van der Waals surface area (Å²) in [5.41, 5.74) is 6.99. The van der Waals surface area contributed by atoms with Crippen LogP contribution < -0.4 is 5.73 Å². The van der Waals surface area contributed by atoms with Crippen molar-refractivity contribution in [3.05, 3.63) is 28.7 Å². The van der Waals surface area contributed by atoms with E-state index < -0.39 is 0 Å². The number of halogens is 1. The minimum Gasteiger partial charge on any atom is -0.380 e. The van der Waals surface area contributed by atoms with E-state index in [1.807, 2.05) is 24.3 Å². The van der Waals surface area contributed by atoms with Crippen LogP contribution in [0.4, 0.5) is 5.82 Å². The average molecular weight is 264 g/mol. The Morgan fingerprint density at radius 1 is 1.27 bits per heavy atom. The summed E-state index contributed by atoms with van der Waals surface area (Å²) in [4.78, 5) is 4.31. The first kappa shape index (κ1) is 8.67. The van der Waals surface area contributed by atoms with Crippen LogP contribution in [0.1, 0.15) is 0 Å². The zero-order valence-corrected chi connectivity index (χ0v) is 9.15. The van der Waals surface area contributed by atoms with Gasteiger partial charge in [0.2, 0.25) is 0 Å². The summed E-state index contributed by atoms with van der Waals surface area (Å²) in [6.45, 7) is 0. The van der Waals surface area contributed by atoms with Gasteiger partial charge in [0, 0.05) is 9.86 Å². The summed E-state index contributed by atoms with van der Waals surface area (Å²) in [6, 6.07) is 7.75. The maximum Gasteiger partial charge on any atom is 0.260 e. The van der Waals surface area contributed by atoms with Crippen molar-refractivity contribution in [3.63, 3.8) is 0 Å². The van der Waals surface area contributed by atoms with Crippen LogP contribution in [-0.2, 0) is 0 Å². The second kappa shape index (κ2) is 2.93. The van der Waals surface area contributed by atoms with E-state index in [9.17, 15) is 0 Å². The molecule has 3 aromatic rings. The van der Waals surface area contributed by atoms with E-state index in [1.54, 1.807) is 0 Å². The van der Waals surface area contributed by atoms with Gasteiger partial charge >= 0.3 is 0 Å². The summed E-state index contributed by atoms with van der Waals surface area (Å²) in [7, 11) is 0. The Morgan fingerprint density at radius 2 is 2.13 bits per heavy atom. The molecule has 15 heavy (non-hydrogen) atoms. The lowest BCUT2D eigenvalue weighted by Crippen LogP contribution is -1.84. The van der Waals surface area contributed by atoms with Crippen LogP contribution in [0, 0.1) is 0 Å². The van der Waals surface area contributed by atoms with Crippen molar-refractivity contribution in [1.29, 1.82) is 0 Å². The molecule has 0 atom stereocenters. The topological polar surface area (TPSA) is 64.9 Å². The number of nitrogens with two attached hydrogens (primary N) is 1. The van der Waals surface area contributed by atoms with Crippen molar-refractivity contribution in [2.45, 2.75) is 0 Å². The third kappa shape index (κ3) is 1.27.